The Morgan fingerprint density at radius 2 is 1.51 bits per heavy atom. The van der Waals surface area contributed by atoms with Gasteiger partial charge in [-0.3, -0.25) is 4.79 Å². The van der Waals surface area contributed by atoms with Crippen LogP contribution in [0.15, 0.2) is 78.9 Å². The lowest BCUT2D eigenvalue weighted by Crippen LogP contribution is -2.41. The van der Waals surface area contributed by atoms with Crippen LogP contribution in [0, 0.1) is 0 Å². The second kappa shape index (κ2) is 10.8. The minimum absolute atomic E-state index is 0.0711. The fourth-order valence-electron chi connectivity index (χ4n) is 5.70. The molecule has 1 fully saturated rings. The van der Waals surface area contributed by atoms with E-state index in [0.717, 1.165) is 70.1 Å². The molecule has 7 nitrogen and oxygen atoms in total. The summed E-state index contributed by atoms with van der Waals surface area (Å²) in [6.07, 6.45) is 4.13. The Balaban J connectivity index is 1.10. The third kappa shape index (κ3) is 5.30. The molecule has 0 radical (unpaired) electrons. The SMILES string of the molecule is CN(C)c1nc(NC2CCC(NC(=O)Cc3c(-c4ccccc4)[nH]c4ccccc34)CC2)nc2ccccc12. The molecule has 0 aliphatic heterocycles. The first-order valence-electron chi connectivity index (χ1n) is 13.7. The second-order valence-electron chi connectivity index (χ2n) is 10.6. The molecule has 6 rings (SSSR count). The van der Waals surface area contributed by atoms with Crippen molar-refractivity contribution < 1.29 is 4.79 Å². The summed E-state index contributed by atoms with van der Waals surface area (Å²) in [5.41, 5.74) is 5.16. The molecule has 39 heavy (non-hydrogen) atoms. The molecular formula is C32H34N6O. The Hall–Kier alpha value is -4.39. The van der Waals surface area contributed by atoms with Gasteiger partial charge in [-0.15, -0.1) is 0 Å². The van der Waals surface area contributed by atoms with Gasteiger partial charge in [0, 0.05) is 42.5 Å². The van der Waals surface area contributed by atoms with Crippen molar-refractivity contribution >= 4 is 39.5 Å². The van der Waals surface area contributed by atoms with Gasteiger partial charge in [-0.2, -0.15) is 4.98 Å². The zero-order valence-electron chi connectivity index (χ0n) is 22.4. The predicted molar refractivity (Wildman–Crippen MR) is 159 cm³/mol. The van der Waals surface area contributed by atoms with Gasteiger partial charge in [0.2, 0.25) is 11.9 Å². The smallest absolute Gasteiger partial charge is 0.225 e. The van der Waals surface area contributed by atoms with Gasteiger partial charge >= 0.3 is 0 Å². The van der Waals surface area contributed by atoms with E-state index >= 15 is 0 Å². The third-order valence-electron chi connectivity index (χ3n) is 7.65. The average Bonchev–Trinajstić information content (AvgIpc) is 3.32. The fourth-order valence-corrected chi connectivity index (χ4v) is 5.70. The summed E-state index contributed by atoms with van der Waals surface area (Å²) in [7, 11) is 4.01. The summed E-state index contributed by atoms with van der Waals surface area (Å²) in [5, 5.41) is 9.02. The number of fused-ring (bicyclic) bond motifs is 2. The minimum atomic E-state index is 0.0711. The molecule has 1 saturated carbocycles. The first-order valence-corrected chi connectivity index (χ1v) is 13.7. The first kappa shape index (κ1) is 24.9. The maximum Gasteiger partial charge on any atom is 0.225 e. The molecule has 0 bridgehead atoms. The lowest BCUT2D eigenvalue weighted by Gasteiger charge is -2.30. The molecule has 1 amide bonds. The number of benzene rings is 3. The molecule has 1 aliphatic carbocycles. The zero-order valence-corrected chi connectivity index (χ0v) is 22.4. The van der Waals surface area contributed by atoms with Gasteiger partial charge in [0.05, 0.1) is 17.6 Å². The molecule has 2 heterocycles. The van der Waals surface area contributed by atoms with Crippen LogP contribution in [-0.2, 0) is 11.2 Å². The van der Waals surface area contributed by atoms with Crippen LogP contribution < -0.4 is 15.5 Å². The van der Waals surface area contributed by atoms with E-state index in [2.05, 4.69) is 45.9 Å². The van der Waals surface area contributed by atoms with Crippen molar-refractivity contribution in [3.8, 4) is 11.3 Å². The molecule has 1 aliphatic rings. The van der Waals surface area contributed by atoms with Crippen molar-refractivity contribution in [2.75, 3.05) is 24.3 Å². The van der Waals surface area contributed by atoms with Crippen LogP contribution in [0.2, 0.25) is 0 Å². The van der Waals surface area contributed by atoms with E-state index in [0.29, 0.717) is 12.4 Å². The maximum atomic E-state index is 13.2. The molecule has 0 saturated heterocycles. The Kier molecular flexibility index (Phi) is 6.88. The van der Waals surface area contributed by atoms with Crippen LogP contribution in [0.25, 0.3) is 33.1 Å². The highest BCUT2D eigenvalue weighted by molar-refractivity contribution is 5.95. The quantitative estimate of drug-likeness (QED) is 0.249. The Morgan fingerprint density at radius 1 is 0.846 bits per heavy atom. The topological polar surface area (TPSA) is 85.9 Å². The number of nitrogens with one attached hydrogen (secondary N) is 3. The van der Waals surface area contributed by atoms with E-state index < -0.39 is 0 Å². The summed E-state index contributed by atoms with van der Waals surface area (Å²) in [6, 6.07) is 27.0. The van der Waals surface area contributed by atoms with E-state index in [4.69, 9.17) is 9.97 Å². The number of aromatic nitrogens is 3. The Bertz CT molecular complexity index is 1600. The molecule has 198 valence electrons. The van der Waals surface area contributed by atoms with Crippen LogP contribution in [0.1, 0.15) is 31.2 Å². The fraction of sp³-hybridized carbons (Fsp3) is 0.281. The Labute approximate surface area is 228 Å². The van der Waals surface area contributed by atoms with Gasteiger partial charge in [0.1, 0.15) is 5.82 Å². The number of amides is 1. The standard InChI is InChI=1S/C32H34N6O/c1-38(2)31-25-13-7-9-15-28(25)36-32(37-31)34-23-18-16-22(17-19-23)33-29(39)20-26-24-12-6-8-14-27(24)35-30(26)21-10-4-3-5-11-21/h3-15,22-23,35H,16-20H2,1-2H3,(H,33,39)(H,34,36,37). The zero-order chi connectivity index (χ0) is 26.8. The number of aromatic amines is 1. The van der Waals surface area contributed by atoms with Crippen molar-refractivity contribution in [2.45, 2.75) is 44.2 Å². The van der Waals surface area contributed by atoms with Crippen molar-refractivity contribution in [1.29, 1.82) is 0 Å². The van der Waals surface area contributed by atoms with Crippen molar-refractivity contribution in [1.82, 2.24) is 20.3 Å². The summed E-state index contributed by atoms with van der Waals surface area (Å²) in [5.74, 6) is 1.65. The van der Waals surface area contributed by atoms with Crippen LogP contribution in [0.3, 0.4) is 0 Å². The molecule has 2 aromatic heterocycles. The lowest BCUT2D eigenvalue weighted by atomic mass is 9.91. The molecule has 0 spiro atoms. The lowest BCUT2D eigenvalue weighted by molar-refractivity contribution is -0.121. The number of anilines is 2. The van der Waals surface area contributed by atoms with E-state index in [9.17, 15) is 4.79 Å². The van der Waals surface area contributed by atoms with Crippen LogP contribution in [0.4, 0.5) is 11.8 Å². The monoisotopic (exact) mass is 518 g/mol. The van der Waals surface area contributed by atoms with E-state index in [1.54, 1.807) is 0 Å². The summed E-state index contributed by atoms with van der Waals surface area (Å²) in [4.78, 5) is 28.4. The minimum Gasteiger partial charge on any atom is -0.362 e. The van der Waals surface area contributed by atoms with Gasteiger partial charge in [-0.25, -0.2) is 4.98 Å². The first-order chi connectivity index (χ1) is 19.0. The Morgan fingerprint density at radius 3 is 2.28 bits per heavy atom. The largest absolute Gasteiger partial charge is 0.362 e. The summed E-state index contributed by atoms with van der Waals surface area (Å²) < 4.78 is 0. The number of hydrogen-bond donors (Lipinski definition) is 3. The number of nitrogens with zero attached hydrogens (tertiary/aromatic N) is 3. The number of para-hydroxylation sites is 2. The van der Waals surface area contributed by atoms with Crippen molar-refractivity contribution in [3.05, 3.63) is 84.4 Å². The second-order valence-corrected chi connectivity index (χ2v) is 10.6. The average molecular weight is 519 g/mol. The highest BCUT2D eigenvalue weighted by Crippen LogP contribution is 2.31. The van der Waals surface area contributed by atoms with Gasteiger partial charge in [0.15, 0.2) is 0 Å². The molecular weight excluding hydrogens is 484 g/mol. The molecule has 3 aromatic carbocycles. The maximum absolute atomic E-state index is 13.2. The van der Waals surface area contributed by atoms with Crippen molar-refractivity contribution in [3.63, 3.8) is 0 Å². The van der Waals surface area contributed by atoms with Crippen molar-refractivity contribution in [2.24, 2.45) is 0 Å². The van der Waals surface area contributed by atoms with E-state index in [-0.39, 0.29) is 18.0 Å². The van der Waals surface area contributed by atoms with Crippen LogP contribution >= 0.6 is 0 Å². The molecule has 0 unspecified atom stereocenters. The van der Waals surface area contributed by atoms with Gasteiger partial charge < -0.3 is 20.5 Å². The number of carbonyl (C=O) groups excluding carboxylic acids is 1. The summed E-state index contributed by atoms with van der Waals surface area (Å²) in [6.45, 7) is 0. The van der Waals surface area contributed by atoms with Gasteiger partial charge in [0.25, 0.3) is 0 Å². The third-order valence-corrected chi connectivity index (χ3v) is 7.65. The van der Waals surface area contributed by atoms with Gasteiger partial charge in [-0.1, -0.05) is 60.7 Å². The van der Waals surface area contributed by atoms with E-state index in [1.165, 1.54) is 0 Å². The molecule has 0 atom stereocenters. The number of hydrogen-bond acceptors (Lipinski definition) is 5. The van der Waals surface area contributed by atoms with E-state index in [1.807, 2.05) is 67.5 Å². The predicted octanol–water partition coefficient (Wildman–Crippen LogP) is 5.93. The highest BCUT2D eigenvalue weighted by atomic mass is 16.1. The number of H-pyrrole nitrogens is 1. The number of rotatable bonds is 7. The summed E-state index contributed by atoms with van der Waals surface area (Å²) >= 11 is 0. The highest BCUT2D eigenvalue weighted by Gasteiger charge is 2.24. The molecule has 5 aromatic rings. The number of carbonyl (C=O) groups is 1. The van der Waals surface area contributed by atoms with Crippen LogP contribution in [0.5, 0.6) is 0 Å². The van der Waals surface area contributed by atoms with Crippen LogP contribution in [-0.4, -0.2) is 47.0 Å². The normalized spacial score (nSPS) is 17.3. The molecule has 3 N–H and O–H groups in total. The van der Waals surface area contributed by atoms with Gasteiger partial charge in [-0.05, 0) is 55.0 Å². The molecule has 7 heteroatoms.